The summed E-state index contributed by atoms with van der Waals surface area (Å²) < 4.78 is 14.0. The lowest BCUT2D eigenvalue weighted by atomic mass is 10.0. The van der Waals surface area contributed by atoms with E-state index in [4.69, 9.17) is 4.98 Å². The van der Waals surface area contributed by atoms with Crippen LogP contribution in [0.3, 0.4) is 0 Å². The van der Waals surface area contributed by atoms with Crippen LogP contribution in [0.1, 0.15) is 4.88 Å². The third kappa shape index (κ3) is 3.37. The summed E-state index contributed by atoms with van der Waals surface area (Å²) in [5.41, 5.74) is 4.47. The van der Waals surface area contributed by atoms with Crippen LogP contribution in [0.15, 0.2) is 78.9 Å². The summed E-state index contributed by atoms with van der Waals surface area (Å²) in [5, 5.41) is 4.20. The lowest BCUT2D eigenvalue weighted by Crippen LogP contribution is -1.89. The lowest BCUT2D eigenvalue weighted by molar-refractivity contribution is 0.631. The molecule has 1 N–H and O–H groups in total. The van der Waals surface area contributed by atoms with Crippen molar-refractivity contribution in [3.63, 3.8) is 0 Å². The second-order valence-corrected chi connectivity index (χ2v) is 7.18. The Morgan fingerprint density at radius 1 is 0.808 bits per heavy atom. The summed E-state index contributed by atoms with van der Waals surface area (Å²) in [6.07, 6.45) is 0. The fourth-order valence-corrected chi connectivity index (χ4v) is 3.72. The average Bonchev–Trinajstić information content (AvgIpc) is 3.03. The number of anilines is 2. The zero-order valence-electron chi connectivity index (χ0n) is 14.2. The summed E-state index contributed by atoms with van der Waals surface area (Å²) >= 11 is 1.62. The molecule has 0 spiro atoms. The van der Waals surface area contributed by atoms with Crippen LogP contribution in [0.25, 0.3) is 22.4 Å². The first-order chi connectivity index (χ1) is 12.7. The Hall–Kier alpha value is -2.98. The third-order valence-electron chi connectivity index (χ3n) is 4.16. The van der Waals surface area contributed by atoms with Crippen LogP contribution in [0.2, 0.25) is 0 Å². The molecule has 4 aromatic rings. The molecule has 0 bridgehead atoms. The lowest BCUT2D eigenvalue weighted by Gasteiger charge is -2.05. The number of thiazole rings is 1. The van der Waals surface area contributed by atoms with Crippen LogP contribution in [-0.4, -0.2) is 4.98 Å². The van der Waals surface area contributed by atoms with Crippen molar-refractivity contribution in [3.05, 3.63) is 89.6 Å². The average molecular weight is 360 g/mol. The molecule has 0 saturated heterocycles. The van der Waals surface area contributed by atoms with Gasteiger partial charge in [-0.05, 0) is 30.7 Å². The standard InChI is InChI=1S/C22H17FN2S/c1-15-21(25-22(26-15)24-18-7-3-2-4-8-18)17-13-11-16(12-14-17)19-9-5-6-10-20(19)23/h2-14H,1H3,(H,24,25). The predicted molar refractivity (Wildman–Crippen MR) is 107 cm³/mol. The van der Waals surface area contributed by atoms with Crippen molar-refractivity contribution in [2.24, 2.45) is 0 Å². The van der Waals surface area contributed by atoms with E-state index in [1.165, 1.54) is 6.07 Å². The third-order valence-corrected chi connectivity index (χ3v) is 5.05. The normalized spacial score (nSPS) is 10.7. The fraction of sp³-hybridized carbons (Fsp3) is 0.0455. The number of para-hydroxylation sites is 1. The van der Waals surface area contributed by atoms with Gasteiger partial charge in [0.05, 0.1) is 5.69 Å². The minimum Gasteiger partial charge on any atom is -0.332 e. The zero-order chi connectivity index (χ0) is 17.9. The Labute approximate surface area is 156 Å². The summed E-state index contributed by atoms with van der Waals surface area (Å²) in [6.45, 7) is 2.06. The topological polar surface area (TPSA) is 24.9 Å². The molecule has 2 nitrogen and oxygen atoms in total. The molecule has 0 fully saturated rings. The Morgan fingerprint density at radius 3 is 2.19 bits per heavy atom. The van der Waals surface area contributed by atoms with Gasteiger partial charge >= 0.3 is 0 Å². The molecular weight excluding hydrogens is 343 g/mol. The van der Waals surface area contributed by atoms with Gasteiger partial charge in [0.25, 0.3) is 0 Å². The number of halogens is 1. The van der Waals surface area contributed by atoms with Crippen molar-refractivity contribution in [2.45, 2.75) is 6.92 Å². The Kier molecular flexibility index (Phi) is 4.50. The Morgan fingerprint density at radius 2 is 1.46 bits per heavy atom. The van der Waals surface area contributed by atoms with E-state index >= 15 is 0 Å². The number of rotatable bonds is 4. The van der Waals surface area contributed by atoms with Crippen LogP contribution in [0.5, 0.6) is 0 Å². The molecule has 0 aliphatic carbocycles. The fourth-order valence-electron chi connectivity index (χ4n) is 2.87. The number of benzene rings is 3. The summed E-state index contributed by atoms with van der Waals surface area (Å²) in [7, 11) is 0. The highest BCUT2D eigenvalue weighted by Gasteiger charge is 2.11. The number of nitrogens with zero attached hydrogens (tertiary/aromatic N) is 1. The molecule has 1 aromatic heterocycles. The largest absolute Gasteiger partial charge is 0.332 e. The van der Waals surface area contributed by atoms with Gasteiger partial charge in [-0.1, -0.05) is 60.7 Å². The molecule has 0 atom stereocenters. The van der Waals surface area contributed by atoms with Gasteiger partial charge in [0.1, 0.15) is 5.82 Å². The Balaban J connectivity index is 1.61. The molecule has 0 amide bonds. The van der Waals surface area contributed by atoms with Gasteiger partial charge in [-0.3, -0.25) is 0 Å². The van der Waals surface area contributed by atoms with Crippen molar-refractivity contribution in [1.29, 1.82) is 0 Å². The molecule has 0 saturated carbocycles. The SMILES string of the molecule is Cc1sc(Nc2ccccc2)nc1-c1ccc(-c2ccccc2F)cc1. The molecule has 0 unspecified atom stereocenters. The van der Waals surface area contributed by atoms with Crippen LogP contribution in [-0.2, 0) is 0 Å². The second-order valence-electron chi connectivity index (χ2n) is 5.97. The molecule has 128 valence electrons. The highest BCUT2D eigenvalue weighted by atomic mass is 32.1. The van der Waals surface area contributed by atoms with E-state index in [-0.39, 0.29) is 5.82 Å². The zero-order valence-corrected chi connectivity index (χ0v) is 15.1. The highest BCUT2D eigenvalue weighted by molar-refractivity contribution is 7.16. The minimum atomic E-state index is -0.209. The molecule has 3 aromatic carbocycles. The number of hydrogen-bond donors (Lipinski definition) is 1. The molecule has 4 heteroatoms. The van der Waals surface area contributed by atoms with Gasteiger partial charge in [0.15, 0.2) is 5.13 Å². The molecule has 0 radical (unpaired) electrons. The van der Waals surface area contributed by atoms with E-state index in [0.29, 0.717) is 5.56 Å². The first kappa shape index (κ1) is 16.5. The van der Waals surface area contributed by atoms with E-state index in [9.17, 15) is 4.39 Å². The first-order valence-electron chi connectivity index (χ1n) is 8.35. The van der Waals surface area contributed by atoms with Gasteiger partial charge in [-0.25, -0.2) is 9.37 Å². The van der Waals surface area contributed by atoms with E-state index in [1.54, 1.807) is 23.5 Å². The molecule has 0 aliphatic heterocycles. The van der Waals surface area contributed by atoms with Crippen LogP contribution in [0, 0.1) is 12.7 Å². The number of nitrogens with one attached hydrogen (secondary N) is 1. The summed E-state index contributed by atoms with van der Waals surface area (Å²) in [4.78, 5) is 5.87. The van der Waals surface area contributed by atoms with E-state index in [2.05, 4.69) is 12.2 Å². The maximum atomic E-state index is 14.0. The highest BCUT2D eigenvalue weighted by Crippen LogP contribution is 2.33. The van der Waals surface area contributed by atoms with Crippen LogP contribution in [0.4, 0.5) is 15.2 Å². The predicted octanol–water partition coefficient (Wildman–Crippen LogP) is 6.67. The van der Waals surface area contributed by atoms with Crippen molar-refractivity contribution >= 4 is 22.2 Å². The quantitative estimate of drug-likeness (QED) is 0.440. The molecular formula is C22H17FN2S. The van der Waals surface area contributed by atoms with Gasteiger partial charge in [0.2, 0.25) is 0 Å². The van der Waals surface area contributed by atoms with Crippen molar-refractivity contribution in [2.75, 3.05) is 5.32 Å². The van der Waals surface area contributed by atoms with E-state index in [0.717, 1.165) is 32.5 Å². The Bertz CT molecular complexity index is 1020. The van der Waals surface area contributed by atoms with Gasteiger partial charge in [-0.15, -0.1) is 11.3 Å². The second kappa shape index (κ2) is 7.10. The van der Waals surface area contributed by atoms with E-state index in [1.807, 2.05) is 60.7 Å². The van der Waals surface area contributed by atoms with Crippen LogP contribution < -0.4 is 5.32 Å². The molecule has 26 heavy (non-hydrogen) atoms. The van der Waals surface area contributed by atoms with Crippen LogP contribution >= 0.6 is 11.3 Å². The molecule has 4 rings (SSSR count). The maximum Gasteiger partial charge on any atom is 0.187 e. The number of hydrogen-bond acceptors (Lipinski definition) is 3. The van der Waals surface area contributed by atoms with Gasteiger partial charge in [0, 0.05) is 21.7 Å². The first-order valence-corrected chi connectivity index (χ1v) is 9.17. The maximum absolute atomic E-state index is 14.0. The van der Waals surface area contributed by atoms with Gasteiger partial charge in [-0.2, -0.15) is 0 Å². The summed E-state index contributed by atoms with van der Waals surface area (Å²) in [6, 6.07) is 24.7. The van der Waals surface area contributed by atoms with Gasteiger partial charge < -0.3 is 5.32 Å². The van der Waals surface area contributed by atoms with Crippen molar-refractivity contribution in [3.8, 4) is 22.4 Å². The number of aryl methyl sites for hydroxylation is 1. The van der Waals surface area contributed by atoms with Crippen molar-refractivity contribution in [1.82, 2.24) is 4.98 Å². The van der Waals surface area contributed by atoms with E-state index < -0.39 is 0 Å². The summed E-state index contributed by atoms with van der Waals surface area (Å²) in [5.74, 6) is -0.209. The minimum absolute atomic E-state index is 0.209. The smallest absolute Gasteiger partial charge is 0.187 e. The number of aromatic nitrogens is 1. The monoisotopic (exact) mass is 360 g/mol. The molecule has 1 heterocycles. The van der Waals surface area contributed by atoms with Crippen molar-refractivity contribution < 1.29 is 4.39 Å². The molecule has 0 aliphatic rings.